The Morgan fingerprint density at radius 1 is 1.12 bits per heavy atom. The first-order valence-electron chi connectivity index (χ1n) is 4.53. The van der Waals surface area contributed by atoms with Crippen molar-refractivity contribution in [2.24, 2.45) is 0 Å². The molecule has 0 fully saturated rings. The van der Waals surface area contributed by atoms with Crippen LogP contribution in [0.5, 0.6) is 5.75 Å². The zero-order valence-corrected chi connectivity index (χ0v) is 9.96. The summed E-state index contributed by atoms with van der Waals surface area (Å²) in [6.07, 6.45) is 1.48. The van der Waals surface area contributed by atoms with Crippen molar-refractivity contribution in [2.45, 2.75) is 0 Å². The van der Waals surface area contributed by atoms with Crippen molar-refractivity contribution in [3.63, 3.8) is 0 Å². The van der Waals surface area contributed by atoms with E-state index in [1.54, 1.807) is 7.11 Å². The third kappa shape index (κ3) is 2.26. The quantitative estimate of drug-likeness (QED) is 0.771. The fourth-order valence-corrected chi connectivity index (χ4v) is 1.63. The van der Waals surface area contributed by atoms with Gasteiger partial charge in [-0.3, -0.25) is 0 Å². The first-order chi connectivity index (χ1) is 7.70. The van der Waals surface area contributed by atoms with E-state index in [4.69, 9.17) is 27.9 Å². The van der Waals surface area contributed by atoms with Crippen LogP contribution in [0.25, 0.3) is 11.3 Å². The van der Waals surface area contributed by atoms with Crippen LogP contribution in [0, 0.1) is 0 Å². The number of ether oxygens (including phenoxy) is 1. The fraction of sp³-hybridized carbons (Fsp3) is 0.0909. The summed E-state index contributed by atoms with van der Waals surface area (Å²) in [5, 5.41) is 0.643. The van der Waals surface area contributed by atoms with Gasteiger partial charge < -0.3 is 4.74 Å². The second-order valence-electron chi connectivity index (χ2n) is 3.06. The van der Waals surface area contributed by atoms with Crippen LogP contribution < -0.4 is 4.74 Å². The Hall–Kier alpha value is -1.32. The van der Waals surface area contributed by atoms with E-state index in [1.807, 2.05) is 24.3 Å². The molecule has 2 aromatic rings. The van der Waals surface area contributed by atoms with E-state index >= 15 is 0 Å². The lowest BCUT2D eigenvalue weighted by molar-refractivity contribution is 0.415. The fourth-order valence-electron chi connectivity index (χ4n) is 1.30. The lowest BCUT2D eigenvalue weighted by atomic mass is 10.1. The number of methoxy groups -OCH3 is 1. The molecule has 0 spiro atoms. The average Bonchev–Trinajstić information content (AvgIpc) is 2.32. The van der Waals surface area contributed by atoms with Crippen LogP contribution in [0.15, 0.2) is 30.5 Å². The zero-order chi connectivity index (χ0) is 11.5. The molecule has 0 aliphatic heterocycles. The van der Waals surface area contributed by atoms with Gasteiger partial charge in [0.2, 0.25) is 5.28 Å². The summed E-state index contributed by atoms with van der Waals surface area (Å²) in [7, 11) is 1.61. The van der Waals surface area contributed by atoms with E-state index in [0.717, 1.165) is 11.3 Å². The lowest BCUT2D eigenvalue weighted by Crippen LogP contribution is -1.89. The van der Waals surface area contributed by atoms with Gasteiger partial charge in [0.25, 0.3) is 0 Å². The molecule has 2 rings (SSSR count). The Morgan fingerprint density at radius 3 is 2.44 bits per heavy atom. The van der Waals surface area contributed by atoms with Gasteiger partial charge in [-0.1, -0.05) is 11.6 Å². The van der Waals surface area contributed by atoms with Crippen LogP contribution in [0.1, 0.15) is 0 Å². The molecule has 1 aromatic carbocycles. The Bertz CT molecular complexity index is 500. The lowest BCUT2D eigenvalue weighted by Gasteiger charge is -2.04. The molecular formula is C11H8Cl2N2O. The summed E-state index contributed by atoms with van der Waals surface area (Å²) < 4.78 is 5.07. The van der Waals surface area contributed by atoms with Crippen LogP contribution in [-0.2, 0) is 0 Å². The summed E-state index contributed by atoms with van der Waals surface area (Å²) >= 11 is 11.7. The predicted octanol–water partition coefficient (Wildman–Crippen LogP) is 3.46. The van der Waals surface area contributed by atoms with Crippen LogP contribution in [-0.4, -0.2) is 17.1 Å². The van der Waals surface area contributed by atoms with E-state index in [0.29, 0.717) is 10.7 Å². The van der Waals surface area contributed by atoms with E-state index < -0.39 is 0 Å². The van der Waals surface area contributed by atoms with Gasteiger partial charge in [0.05, 0.1) is 24.0 Å². The van der Waals surface area contributed by atoms with Crippen LogP contribution in [0.4, 0.5) is 0 Å². The molecule has 0 unspecified atom stereocenters. The minimum absolute atomic E-state index is 0.176. The SMILES string of the molecule is COc1ccc(-c2nc(Cl)ncc2Cl)cc1. The molecule has 5 heteroatoms. The molecule has 0 saturated heterocycles. The maximum atomic E-state index is 5.99. The third-order valence-electron chi connectivity index (χ3n) is 2.08. The standard InChI is InChI=1S/C11H8Cl2N2O/c1-16-8-4-2-7(3-5-8)10-9(12)6-14-11(13)15-10/h2-6H,1H3. The first-order valence-corrected chi connectivity index (χ1v) is 5.29. The highest BCUT2D eigenvalue weighted by atomic mass is 35.5. The smallest absolute Gasteiger partial charge is 0.222 e. The Morgan fingerprint density at radius 2 is 1.81 bits per heavy atom. The van der Waals surface area contributed by atoms with Crippen LogP contribution >= 0.6 is 23.2 Å². The van der Waals surface area contributed by atoms with Gasteiger partial charge in [-0.05, 0) is 35.9 Å². The molecule has 0 radical (unpaired) electrons. The molecule has 1 aromatic heterocycles. The minimum Gasteiger partial charge on any atom is -0.497 e. The molecule has 82 valence electrons. The first kappa shape index (κ1) is 11.2. The molecule has 0 bridgehead atoms. The molecule has 0 aliphatic carbocycles. The largest absolute Gasteiger partial charge is 0.497 e. The third-order valence-corrected chi connectivity index (χ3v) is 2.54. The number of benzene rings is 1. The minimum atomic E-state index is 0.176. The number of nitrogens with zero attached hydrogens (tertiary/aromatic N) is 2. The average molecular weight is 255 g/mol. The molecule has 0 amide bonds. The molecule has 0 saturated carbocycles. The second-order valence-corrected chi connectivity index (χ2v) is 3.81. The van der Waals surface area contributed by atoms with E-state index in [2.05, 4.69) is 9.97 Å². The maximum absolute atomic E-state index is 5.99. The van der Waals surface area contributed by atoms with Gasteiger partial charge in [-0.15, -0.1) is 0 Å². The summed E-state index contributed by atoms with van der Waals surface area (Å²) in [4.78, 5) is 7.88. The van der Waals surface area contributed by atoms with Gasteiger partial charge in [0.1, 0.15) is 5.75 Å². The van der Waals surface area contributed by atoms with Crippen LogP contribution in [0.3, 0.4) is 0 Å². The Labute approximate surface area is 103 Å². The summed E-state index contributed by atoms with van der Waals surface area (Å²) in [6.45, 7) is 0. The zero-order valence-electron chi connectivity index (χ0n) is 8.45. The second kappa shape index (κ2) is 4.68. The molecule has 3 nitrogen and oxygen atoms in total. The van der Waals surface area contributed by atoms with Crippen LogP contribution in [0.2, 0.25) is 10.3 Å². The number of halogens is 2. The van der Waals surface area contributed by atoms with Crippen molar-refractivity contribution < 1.29 is 4.74 Å². The van der Waals surface area contributed by atoms with Gasteiger partial charge >= 0.3 is 0 Å². The van der Waals surface area contributed by atoms with E-state index in [9.17, 15) is 0 Å². The van der Waals surface area contributed by atoms with Crippen molar-refractivity contribution in [3.8, 4) is 17.0 Å². The number of rotatable bonds is 2. The number of aromatic nitrogens is 2. The Kier molecular flexibility index (Phi) is 3.27. The molecule has 0 aliphatic rings. The highest BCUT2D eigenvalue weighted by Gasteiger charge is 2.07. The van der Waals surface area contributed by atoms with Crippen molar-refractivity contribution >= 4 is 23.2 Å². The van der Waals surface area contributed by atoms with Crippen molar-refractivity contribution in [1.82, 2.24) is 9.97 Å². The predicted molar refractivity (Wildman–Crippen MR) is 64.0 cm³/mol. The molecule has 0 N–H and O–H groups in total. The van der Waals surface area contributed by atoms with Crippen molar-refractivity contribution in [2.75, 3.05) is 7.11 Å². The maximum Gasteiger partial charge on any atom is 0.222 e. The molecule has 16 heavy (non-hydrogen) atoms. The van der Waals surface area contributed by atoms with Gasteiger partial charge in [0, 0.05) is 5.56 Å². The van der Waals surface area contributed by atoms with Gasteiger partial charge in [0.15, 0.2) is 0 Å². The van der Waals surface area contributed by atoms with Gasteiger partial charge in [-0.2, -0.15) is 0 Å². The van der Waals surface area contributed by atoms with E-state index in [-0.39, 0.29) is 5.28 Å². The summed E-state index contributed by atoms with van der Waals surface area (Å²) in [5.74, 6) is 0.778. The summed E-state index contributed by atoms with van der Waals surface area (Å²) in [6, 6.07) is 7.40. The van der Waals surface area contributed by atoms with E-state index in [1.165, 1.54) is 6.20 Å². The Balaban J connectivity index is 2.45. The highest BCUT2D eigenvalue weighted by Crippen LogP contribution is 2.27. The topological polar surface area (TPSA) is 35.0 Å². The summed E-state index contributed by atoms with van der Waals surface area (Å²) in [5.41, 5.74) is 1.49. The monoisotopic (exact) mass is 254 g/mol. The van der Waals surface area contributed by atoms with Crippen molar-refractivity contribution in [1.29, 1.82) is 0 Å². The number of hydrogen-bond acceptors (Lipinski definition) is 3. The normalized spacial score (nSPS) is 10.2. The van der Waals surface area contributed by atoms with Gasteiger partial charge in [-0.25, -0.2) is 9.97 Å². The van der Waals surface area contributed by atoms with Crippen molar-refractivity contribution in [3.05, 3.63) is 40.8 Å². The molecule has 1 heterocycles. The number of hydrogen-bond donors (Lipinski definition) is 0. The highest BCUT2D eigenvalue weighted by molar-refractivity contribution is 6.33. The molecule has 0 atom stereocenters. The molecular weight excluding hydrogens is 247 g/mol.